The van der Waals surface area contributed by atoms with Crippen LogP contribution in [0.25, 0.3) is 0 Å². The minimum absolute atomic E-state index is 0.115. The molecule has 1 aliphatic carbocycles. The molecule has 0 fully saturated rings. The summed E-state index contributed by atoms with van der Waals surface area (Å²) in [4.78, 5) is 16.7. The second-order valence-corrected chi connectivity index (χ2v) is 6.07. The molecule has 0 spiro atoms. The average molecular weight is 283 g/mol. The van der Waals surface area contributed by atoms with E-state index in [4.69, 9.17) is 4.42 Å². The highest BCUT2D eigenvalue weighted by Gasteiger charge is 2.32. The third-order valence-electron chi connectivity index (χ3n) is 4.32. The van der Waals surface area contributed by atoms with Crippen molar-refractivity contribution in [3.05, 3.63) is 51.7 Å². The third-order valence-corrected chi connectivity index (χ3v) is 4.32. The number of rotatable bonds is 2. The van der Waals surface area contributed by atoms with E-state index in [1.54, 1.807) is 0 Å². The predicted molar refractivity (Wildman–Crippen MR) is 81.9 cm³/mol. The molecule has 0 bridgehead atoms. The standard InChI is InChI=1S/C18H21NO2/c1-5-16-19-18-14(20)8-13(9-15(18)21-16)17-11(3)6-10(2)7-12(17)4/h6-7,13H,5,8-9H2,1-4H3. The van der Waals surface area contributed by atoms with E-state index in [0.717, 1.165) is 18.6 Å². The Hall–Kier alpha value is -1.90. The molecule has 3 nitrogen and oxygen atoms in total. The summed E-state index contributed by atoms with van der Waals surface area (Å²) in [6, 6.07) is 4.39. The number of aromatic nitrogens is 1. The van der Waals surface area contributed by atoms with E-state index in [0.29, 0.717) is 18.0 Å². The molecule has 1 heterocycles. The van der Waals surface area contributed by atoms with E-state index in [2.05, 4.69) is 37.9 Å². The summed E-state index contributed by atoms with van der Waals surface area (Å²) >= 11 is 0. The molecule has 1 aliphatic rings. The Labute approximate surface area is 125 Å². The van der Waals surface area contributed by atoms with Gasteiger partial charge in [-0.1, -0.05) is 24.6 Å². The smallest absolute Gasteiger partial charge is 0.194 e. The normalized spacial score (nSPS) is 17.9. The molecular weight excluding hydrogens is 262 g/mol. The van der Waals surface area contributed by atoms with Crippen molar-refractivity contribution in [1.82, 2.24) is 4.98 Å². The summed E-state index contributed by atoms with van der Waals surface area (Å²) in [6.45, 7) is 8.37. The van der Waals surface area contributed by atoms with Gasteiger partial charge >= 0.3 is 0 Å². The topological polar surface area (TPSA) is 43.1 Å². The lowest BCUT2D eigenvalue weighted by atomic mass is 9.80. The van der Waals surface area contributed by atoms with Crippen LogP contribution in [0, 0.1) is 20.8 Å². The van der Waals surface area contributed by atoms with E-state index < -0.39 is 0 Å². The molecule has 0 saturated carbocycles. The highest BCUT2D eigenvalue weighted by Crippen LogP contribution is 2.36. The fraction of sp³-hybridized carbons (Fsp3) is 0.444. The van der Waals surface area contributed by atoms with E-state index in [9.17, 15) is 4.79 Å². The number of carbonyl (C=O) groups is 1. The zero-order valence-electron chi connectivity index (χ0n) is 13.1. The summed E-state index contributed by atoms with van der Waals surface area (Å²) in [5.74, 6) is 1.77. The lowest BCUT2D eigenvalue weighted by molar-refractivity contribution is 0.0956. The number of ketones is 1. The number of fused-ring (bicyclic) bond motifs is 1. The summed E-state index contributed by atoms with van der Waals surface area (Å²) in [6.07, 6.45) is 2.04. The summed E-state index contributed by atoms with van der Waals surface area (Å²) in [7, 11) is 0. The number of hydrogen-bond acceptors (Lipinski definition) is 3. The van der Waals surface area contributed by atoms with Gasteiger partial charge in [-0.05, 0) is 43.4 Å². The fourth-order valence-electron chi connectivity index (χ4n) is 3.56. The van der Waals surface area contributed by atoms with Gasteiger partial charge in [0.15, 0.2) is 11.7 Å². The number of Topliss-reactive ketones (excluding diaryl/α,β-unsaturated/α-hetero) is 1. The van der Waals surface area contributed by atoms with Gasteiger partial charge in [-0.15, -0.1) is 0 Å². The van der Waals surface area contributed by atoms with Crippen LogP contribution in [0.3, 0.4) is 0 Å². The van der Waals surface area contributed by atoms with Crippen molar-refractivity contribution in [2.45, 2.75) is 52.9 Å². The highest BCUT2D eigenvalue weighted by atomic mass is 16.4. The van der Waals surface area contributed by atoms with Crippen LogP contribution in [0.2, 0.25) is 0 Å². The van der Waals surface area contributed by atoms with Crippen LogP contribution in [0.5, 0.6) is 0 Å². The molecule has 110 valence electrons. The Morgan fingerprint density at radius 1 is 1.19 bits per heavy atom. The molecule has 3 rings (SSSR count). The molecule has 0 aliphatic heterocycles. The number of benzene rings is 1. The van der Waals surface area contributed by atoms with Crippen molar-refractivity contribution in [2.75, 3.05) is 0 Å². The Balaban J connectivity index is 2.01. The first-order valence-electron chi connectivity index (χ1n) is 7.59. The van der Waals surface area contributed by atoms with Crippen molar-refractivity contribution in [1.29, 1.82) is 0 Å². The van der Waals surface area contributed by atoms with Crippen molar-refractivity contribution < 1.29 is 9.21 Å². The van der Waals surface area contributed by atoms with Crippen LogP contribution < -0.4 is 0 Å². The number of nitrogens with zero attached hydrogens (tertiary/aromatic N) is 1. The lowest BCUT2D eigenvalue weighted by Gasteiger charge is -2.24. The second kappa shape index (κ2) is 5.14. The SMILES string of the molecule is CCc1nc2c(o1)CC(c1c(C)cc(C)cc1C)CC2=O. The van der Waals surface area contributed by atoms with Gasteiger partial charge in [-0.2, -0.15) is 0 Å². The van der Waals surface area contributed by atoms with Gasteiger partial charge in [-0.25, -0.2) is 4.98 Å². The van der Waals surface area contributed by atoms with Crippen molar-refractivity contribution >= 4 is 5.78 Å². The number of aryl methyl sites for hydroxylation is 4. The number of hydrogen-bond donors (Lipinski definition) is 0. The molecule has 1 unspecified atom stereocenters. The van der Waals surface area contributed by atoms with Gasteiger partial charge in [0.1, 0.15) is 11.5 Å². The molecular formula is C18H21NO2. The summed E-state index contributed by atoms with van der Waals surface area (Å²) in [5.41, 5.74) is 5.66. The zero-order chi connectivity index (χ0) is 15.1. The molecule has 1 aromatic heterocycles. The molecule has 21 heavy (non-hydrogen) atoms. The van der Waals surface area contributed by atoms with Crippen molar-refractivity contribution in [3.8, 4) is 0 Å². The fourth-order valence-corrected chi connectivity index (χ4v) is 3.56. The Morgan fingerprint density at radius 3 is 2.48 bits per heavy atom. The first-order valence-corrected chi connectivity index (χ1v) is 7.59. The minimum Gasteiger partial charge on any atom is -0.445 e. The Bertz CT molecular complexity index is 689. The van der Waals surface area contributed by atoms with Crippen LogP contribution in [0.15, 0.2) is 16.5 Å². The predicted octanol–water partition coefficient (Wildman–Crippen LogP) is 4.07. The first kappa shape index (κ1) is 14.1. The zero-order valence-corrected chi connectivity index (χ0v) is 13.1. The third kappa shape index (κ3) is 2.41. The lowest BCUT2D eigenvalue weighted by Crippen LogP contribution is -2.19. The molecule has 2 aromatic rings. The quantitative estimate of drug-likeness (QED) is 0.834. The number of oxazole rings is 1. The minimum atomic E-state index is 0.115. The van der Waals surface area contributed by atoms with Crippen LogP contribution in [0.4, 0.5) is 0 Å². The largest absolute Gasteiger partial charge is 0.445 e. The van der Waals surface area contributed by atoms with Crippen LogP contribution in [-0.2, 0) is 12.8 Å². The second-order valence-electron chi connectivity index (χ2n) is 6.07. The van der Waals surface area contributed by atoms with E-state index >= 15 is 0 Å². The maximum Gasteiger partial charge on any atom is 0.194 e. The van der Waals surface area contributed by atoms with E-state index in [-0.39, 0.29) is 11.7 Å². The molecule has 0 amide bonds. The van der Waals surface area contributed by atoms with Gasteiger partial charge in [0.2, 0.25) is 0 Å². The molecule has 0 N–H and O–H groups in total. The molecule has 0 saturated heterocycles. The summed E-state index contributed by atoms with van der Waals surface area (Å²) < 4.78 is 5.75. The van der Waals surface area contributed by atoms with Gasteiger partial charge in [-0.3, -0.25) is 4.79 Å². The highest BCUT2D eigenvalue weighted by molar-refractivity contribution is 5.96. The van der Waals surface area contributed by atoms with Gasteiger partial charge < -0.3 is 4.42 Å². The first-order chi connectivity index (χ1) is 9.99. The monoisotopic (exact) mass is 283 g/mol. The van der Waals surface area contributed by atoms with Crippen molar-refractivity contribution in [2.24, 2.45) is 0 Å². The van der Waals surface area contributed by atoms with E-state index in [1.807, 2.05) is 6.92 Å². The summed E-state index contributed by atoms with van der Waals surface area (Å²) in [5, 5.41) is 0. The van der Waals surface area contributed by atoms with Gasteiger partial charge in [0.05, 0.1) is 0 Å². The van der Waals surface area contributed by atoms with Gasteiger partial charge in [0.25, 0.3) is 0 Å². The Kier molecular flexibility index (Phi) is 3.44. The van der Waals surface area contributed by atoms with Crippen LogP contribution in [0.1, 0.15) is 63.7 Å². The van der Waals surface area contributed by atoms with Crippen LogP contribution in [-0.4, -0.2) is 10.8 Å². The molecule has 1 aromatic carbocycles. The molecule has 0 radical (unpaired) electrons. The molecule has 3 heteroatoms. The maximum absolute atomic E-state index is 12.4. The number of carbonyl (C=O) groups excluding carboxylic acids is 1. The van der Waals surface area contributed by atoms with Crippen LogP contribution >= 0.6 is 0 Å². The maximum atomic E-state index is 12.4. The molecule has 1 atom stereocenters. The van der Waals surface area contributed by atoms with Crippen molar-refractivity contribution in [3.63, 3.8) is 0 Å². The average Bonchev–Trinajstić information content (AvgIpc) is 2.81. The van der Waals surface area contributed by atoms with E-state index in [1.165, 1.54) is 22.3 Å². The van der Waals surface area contributed by atoms with Gasteiger partial charge in [0, 0.05) is 19.3 Å². The Morgan fingerprint density at radius 2 is 1.86 bits per heavy atom.